The molecule has 0 bridgehead atoms. The van der Waals surface area contributed by atoms with E-state index >= 15 is 0 Å². The van der Waals surface area contributed by atoms with Crippen LogP contribution in [0.3, 0.4) is 0 Å². The van der Waals surface area contributed by atoms with Gasteiger partial charge in [-0.25, -0.2) is 0 Å². The molecule has 0 atom stereocenters. The molecule has 28 heavy (non-hydrogen) atoms. The number of likely N-dealkylation sites (N-methyl/N-ethyl adjacent to an activating group) is 1. The van der Waals surface area contributed by atoms with Crippen LogP contribution in [0.15, 0.2) is 50.7 Å². The van der Waals surface area contributed by atoms with Crippen LogP contribution in [0.4, 0.5) is 5.69 Å². The van der Waals surface area contributed by atoms with E-state index in [1.165, 1.54) is 17.8 Å². The number of aliphatic imine (C=N–C) groups is 1. The molecule has 2 aliphatic rings. The highest BCUT2D eigenvalue weighted by atomic mass is 32.2. The number of benzene rings is 1. The number of para-hydroxylation sites is 1. The first-order valence-corrected chi connectivity index (χ1v) is 9.62. The Morgan fingerprint density at radius 2 is 1.93 bits per heavy atom. The summed E-state index contributed by atoms with van der Waals surface area (Å²) in [5.74, 6) is 0.552. The summed E-state index contributed by atoms with van der Waals surface area (Å²) in [6.45, 7) is 3.55. The molecule has 0 saturated carbocycles. The highest BCUT2D eigenvalue weighted by Gasteiger charge is 2.28. The summed E-state index contributed by atoms with van der Waals surface area (Å²) in [4.78, 5) is 32.0. The number of hydrogen-bond acceptors (Lipinski definition) is 7. The van der Waals surface area contributed by atoms with E-state index in [9.17, 15) is 14.9 Å². The van der Waals surface area contributed by atoms with Crippen molar-refractivity contribution in [2.24, 2.45) is 4.99 Å². The summed E-state index contributed by atoms with van der Waals surface area (Å²) < 4.78 is 5.75. The lowest BCUT2D eigenvalue weighted by Gasteiger charge is -2.32. The van der Waals surface area contributed by atoms with E-state index in [4.69, 9.17) is 4.42 Å². The Kier molecular flexibility index (Phi) is 5.01. The zero-order valence-electron chi connectivity index (χ0n) is 15.2. The molecule has 0 aliphatic carbocycles. The van der Waals surface area contributed by atoms with Gasteiger partial charge in [0.05, 0.1) is 15.4 Å². The van der Waals surface area contributed by atoms with Gasteiger partial charge in [-0.15, -0.1) is 0 Å². The number of nitro groups is 1. The van der Waals surface area contributed by atoms with Gasteiger partial charge in [0.25, 0.3) is 11.6 Å². The van der Waals surface area contributed by atoms with Crippen LogP contribution in [0.5, 0.6) is 0 Å². The lowest BCUT2D eigenvalue weighted by atomic mass is 10.1. The monoisotopic (exact) mass is 398 g/mol. The molecule has 1 fully saturated rings. The average molecular weight is 398 g/mol. The molecule has 0 spiro atoms. The molecule has 2 aliphatic heterocycles. The lowest BCUT2D eigenvalue weighted by Crippen LogP contribution is -2.46. The number of nitro benzene ring substituents is 1. The second-order valence-corrected chi connectivity index (χ2v) is 7.59. The fourth-order valence-electron chi connectivity index (χ4n) is 3.08. The maximum Gasteiger partial charge on any atom is 0.286 e. The van der Waals surface area contributed by atoms with Crippen molar-refractivity contribution in [2.75, 3.05) is 33.2 Å². The van der Waals surface area contributed by atoms with Gasteiger partial charge in [0.15, 0.2) is 5.17 Å². The zero-order chi connectivity index (χ0) is 19.7. The number of furan rings is 1. The highest BCUT2D eigenvalue weighted by molar-refractivity contribution is 8.18. The molecule has 1 amide bonds. The molecular weight excluding hydrogens is 380 g/mol. The molecular formula is C19H18N4O4S. The molecule has 3 heterocycles. The van der Waals surface area contributed by atoms with Crippen molar-refractivity contribution in [3.8, 4) is 11.3 Å². The van der Waals surface area contributed by atoms with Crippen molar-refractivity contribution < 1.29 is 14.1 Å². The van der Waals surface area contributed by atoms with E-state index in [0.29, 0.717) is 22.0 Å². The van der Waals surface area contributed by atoms with E-state index in [0.717, 1.165) is 31.3 Å². The smallest absolute Gasteiger partial charge is 0.286 e. The van der Waals surface area contributed by atoms with Crippen molar-refractivity contribution in [3.05, 3.63) is 57.2 Å². The van der Waals surface area contributed by atoms with Gasteiger partial charge in [-0.05, 0) is 37.0 Å². The summed E-state index contributed by atoms with van der Waals surface area (Å²) in [5.41, 5.74) is 0.375. The molecule has 0 unspecified atom stereocenters. The molecule has 1 saturated heterocycles. The molecule has 144 valence electrons. The molecule has 2 aromatic rings. The Labute approximate surface area is 165 Å². The van der Waals surface area contributed by atoms with E-state index in [1.54, 1.807) is 36.4 Å². The maximum absolute atomic E-state index is 12.3. The van der Waals surface area contributed by atoms with Crippen molar-refractivity contribution in [1.82, 2.24) is 9.80 Å². The minimum Gasteiger partial charge on any atom is -0.456 e. The molecule has 9 heteroatoms. The van der Waals surface area contributed by atoms with Gasteiger partial charge in [-0.3, -0.25) is 14.9 Å². The third kappa shape index (κ3) is 3.71. The van der Waals surface area contributed by atoms with Crippen LogP contribution >= 0.6 is 11.8 Å². The number of piperazine rings is 1. The number of amidine groups is 1. The number of carbonyl (C=O) groups is 1. The number of carbonyl (C=O) groups excluding carboxylic acids is 1. The second kappa shape index (κ2) is 7.61. The topological polar surface area (TPSA) is 92.2 Å². The fraction of sp³-hybridized carbons (Fsp3) is 0.263. The number of hydrogen-bond donors (Lipinski definition) is 0. The Morgan fingerprint density at radius 1 is 1.18 bits per heavy atom. The van der Waals surface area contributed by atoms with Gasteiger partial charge in [-0.2, -0.15) is 4.99 Å². The minimum absolute atomic E-state index is 0.0249. The SMILES string of the molecule is CN1CCN(C2=NC(=O)C(=Cc3ccc(-c4ccccc4[N+](=O)[O-])o3)S2)CC1. The standard InChI is InChI=1S/C19H18N4O4S/c1-21-8-10-22(11-9-21)19-20-18(24)17(28-19)12-13-6-7-16(27-13)14-4-2-3-5-15(14)23(25)26/h2-7,12H,8-11H2,1H3. The van der Waals surface area contributed by atoms with Gasteiger partial charge in [0.2, 0.25) is 0 Å². The fourth-order valence-corrected chi connectivity index (χ4v) is 4.02. The van der Waals surface area contributed by atoms with Crippen LogP contribution in [-0.4, -0.2) is 59.0 Å². The Bertz CT molecular complexity index is 989. The number of amides is 1. The molecule has 4 rings (SSSR count). The molecule has 1 aromatic carbocycles. The number of rotatable bonds is 3. The van der Waals surface area contributed by atoms with Gasteiger partial charge in [0, 0.05) is 38.3 Å². The molecule has 8 nitrogen and oxygen atoms in total. The van der Waals surface area contributed by atoms with Crippen molar-refractivity contribution in [1.29, 1.82) is 0 Å². The normalized spacial score (nSPS) is 19.3. The van der Waals surface area contributed by atoms with Crippen LogP contribution in [0.25, 0.3) is 17.4 Å². The van der Waals surface area contributed by atoms with E-state index in [1.807, 2.05) is 0 Å². The van der Waals surface area contributed by atoms with Gasteiger partial charge >= 0.3 is 0 Å². The van der Waals surface area contributed by atoms with Crippen LogP contribution < -0.4 is 0 Å². The van der Waals surface area contributed by atoms with Gasteiger partial charge in [-0.1, -0.05) is 12.1 Å². The Hall–Kier alpha value is -2.91. The van der Waals surface area contributed by atoms with Crippen molar-refractivity contribution in [3.63, 3.8) is 0 Å². The quantitative estimate of drug-likeness (QED) is 0.446. The summed E-state index contributed by atoms with van der Waals surface area (Å²) in [6.07, 6.45) is 1.64. The van der Waals surface area contributed by atoms with Crippen LogP contribution in [-0.2, 0) is 4.79 Å². The zero-order valence-corrected chi connectivity index (χ0v) is 16.0. The summed E-state index contributed by atoms with van der Waals surface area (Å²) in [6, 6.07) is 9.76. The second-order valence-electron chi connectivity index (χ2n) is 6.58. The first kappa shape index (κ1) is 18.5. The number of thioether (sulfide) groups is 1. The van der Waals surface area contributed by atoms with Crippen molar-refractivity contribution >= 4 is 34.6 Å². The van der Waals surface area contributed by atoms with Crippen LogP contribution in [0.2, 0.25) is 0 Å². The largest absolute Gasteiger partial charge is 0.456 e. The summed E-state index contributed by atoms with van der Waals surface area (Å²) in [5, 5.41) is 11.9. The van der Waals surface area contributed by atoms with Crippen molar-refractivity contribution in [2.45, 2.75) is 0 Å². The van der Waals surface area contributed by atoms with Crippen LogP contribution in [0.1, 0.15) is 5.76 Å². The summed E-state index contributed by atoms with van der Waals surface area (Å²) in [7, 11) is 2.07. The average Bonchev–Trinajstić information content (AvgIpc) is 3.30. The third-order valence-corrected chi connectivity index (χ3v) is 5.69. The molecule has 0 radical (unpaired) electrons. The maximum atomic E-state index is 12.3. The first-order chi connectivity index (χ1) is 13.5. The lowest BCUT2D eigenvalue weighted by molar-refractivity contribution is -0.384. The Morgan fingerprint density at radius 3 is 2.68 bits per heavy atom. The minimum atomic E-state index is -0.442. The molecule has 1 aromatic heterocycles. The first-order valence-electron chi connectivity index (χ1n) is 8.81. The van der Waals surface area contributed by atoms with E-state index < -0.39 is 4.92 Å². The highest BCUT2D eigenvalue weighted by Crippen LogP contribution is 2.34. The van der Waals surface area contributed by atoms with Crippen LogP contribution in [0, 0.1) is 10.1 Å². The summed E-state index contributed by atoms with van der Waals surface area (Å²) >= 11 is 1.34. The predicted octanol–water partition coefficient (Wildman–Crippen LogP) is 3.07. The number of nitrogens with zero attached hydrogens (tertiary/aromatic N) is 4. The van der Waals surface area contributed by atoms with Gasteiger partial charge < -0.3 is 14.2 Å². The third-order valence-electron chi connectivity index (χ3n) is 4.65. The predicted molar refractivity (Wildman–Crippen MR) is 108 cm³/mol. The Balaban J connectivity index is 1.52. The van der Waals surface area contributed by atoms with Gasteiger partial charge in [0.1, 0.15) is 11.5 Å². The van der Waals surface area contributed by atoms with E-state index in [2.05, 4.69) is 21.8 Å². The van der Waals surface area contributed by atoms with E-state index in [-0.39, 0.29) is 11.6 Å². The molecule has 0 N–H and O–H groups in total.